The molecule has 2 aliphatic rings. The van der Waals surface area contributed by atoms with Crippen LogP contribution < -0.4 is 4.74 Å². The van der Waals surface area contributed by atoms with E-state index in [9.17, 15) is 18.4 Å². The summed E-state index contributed by atoms with van der Waals surface area (Å²) < 4.78 is 33.1. The molecule has 2 fully saturated rings. The third kappa shape index (κ3) is 5.03. The predicted octanol–water partition coefficient (Wildman–Crippen LogP) is 4.13. The molecule has 7 heteroatoms. The minimum atomic E-state index is -0.705. The minimum absolute atomic E-state index is 0.0656. The van der Waals surface area contributed by atoms with Gasteiger partial charge in [-0.05, 0) is 74.1 Å². The van der Waals surface area contributed by atoms with Gasteiger partial charge in [0.25, 0.3) is 11.8 Å². The van der Waals surface area contributed by atoms with E-state index in [4.69, 9.17) is 4.74 Å². The fourth-order valence-corrected chi connectivity index (χ4v) is 4.15. The molecule has 2 heterocycles. The van der Waals surface area contributed by atoms with Crippen LogP contribution in [0.1, 0.15) is 46.4 Å². The zero-order valence-electron chi connectivity index (χ0n) is 17.4. The molecule has 5 nitrogen and oxygen atoms in total. The maximum Gasteiger partial charge on any atom is 0.256 e. The summed E-state index contributed by atoms with van der Waals surface area (Å²) in [6.45, 7) is 3.11. The number of likely N-dealkylation sites (tertiary alicyclic amines) is 2. The van der Waals surface area contributed by atoms with E-state index in [-0.39, 0.29) is 17.4 Å². The van der Waals surface area contributed by atoms with Crippen LogP contribution in [0.4, 0.5) is 8.78 Å². The summed E-state index contributed by atoms with van der Waals surface area (Å²) in [5, 5.41) is 0. The number of benzene rings is 2. The van der Waals surface area contributed by atoms with E-state index in [2.05, 4.69) is 0 Å². The van der Waals surface area contributed by atoms with Gasteiger partial charge in [-0.3, -0.25) is 9.59 Å². The van der Waals surface area contributed by atoms with E-state index >= 15 is 0 Å². The lowest BCUT2D eigenvalue weighted by atomic mass is 9.97. The average molecular weight is 428 g/mol. The van der Waals surface area contributed by atoms with Crippen LogP contribution in [0.25, 0.3) is 0 Å². The molecular formula is C24H26F2N2O3. The Morgan fingerprint density at radius 2 is 1.52 bits per heavy atom. The number of hydrogen-bond donors (Lipinski definition) is 0. The molecule has 2 aromatic carbocycles. The smallest absolute Gasteiger partial charge is 0.256 e. The number of halogens is 2. The molecular weight excluding hydrogens is 402 g/mol. The van der Waals surface area contributed by atoms with E-state index in [1.807, 2.05) is 17.0 Å². The second-order valence-electron chi connectivity index (χ2n) is 8.19. The Bertz CT molecular complexity index is 934. The van der Waals surface area contributed by atoms with Crippen LogP contribution in [0.2, 0.25) is 0 Å². The molecule has 0 unspecified atom stereocenters. The van der Waals surface area contributed by atoms with Crippen molar-refractivity contribution in [2.24, 2.45) is 5.92 Å². The molecule has 0 aromatic heterocycles. The van der Waals surface area contributed by atoms with Gasteiger partial charge < -0.3 is 14.5 Å². The van der Waals surface area contributed by atoms with Crippen LogP contribution in [0, 0.1) is 17.6 Å². The van der Waals surface area contributed by atoms with Crippen molar-refractivity contribution in [1.82, 2.24) is 9.80 Å². The lowest BCUT2D eigenvalue weighted by Gasteiger charge is -2.32. The lowest BCUT2D eigenvalue weighted by molar-refractivity contribution is 0.0655. The number of ether oxygens (including phenoxy) is 1. The summed E-state index contributed by atoms with van der Waals surface area (Å²) in [4.78, 5) is 28.3. The van der Waals surface area contributed by atoms with Gasteiger partial charge in [-0.1, -0.05) is 0 Å². The number of rotatable bonds is 5. The molecule has 0 saturated carbocycles. The highest BCUT2D eigenvalue weighted by Gasteiger charge is 2.26. The van der Waals surface area contributed by atoms with Crippen molar-refractivity contribution in [3.8, 4) is 5.75 Å². The number of piperidine rings is 1. The highest BCUT2D eigenvalue weighted by atomic mass is 19.1. The molecule has 0 aliphatic carbocycles. The van der Waals surface area contributed by atoms with Gasteiger partial charge in [0.1, 0.15) is 17.4 Å². The van der Waals surface area contributed by atoms with Gasteiger partial charge in [-0.25, -0.2) is 8.78 Å². The Morgan fingerprint density at radius 3 is 2.19 bits per heavy atom. The molecule has 31 heavy (non-hydrogen) atoms. The van der Waals surface area contributed by atoms with Crippen LogP contribution in [0.15, 0.2) is 42.5 Å². The normalized spacial score (nSPS) is 17.1. The van der Waals surface area contributed by atoms with Gasteiger partial charge in [-0.15, -0.1) is 0 Å². The van der Waals surface area contributed by atoms with Crippen LogP contribution in [-0.2, 0) is 0 Å². The van der Waals surface area contributed by atoms with Crippen LogP contribution >= 0.6 is 0 Å². The highest BCUT2D eigenvalue weighted by Crippen LogP contribution is 2.23. The quantitative estimate of drug-likeness (QED) is 0.720. The topological polar surface area (TPSA) is 49.9 Å². The first-order valence-corrected chi connectivity index (χ1v) is 10.8. The Labute approximate surface area is 180 Å². The number of amides is 2. The summed E-state index contributed by atoms with van der Waals surface area (Å²) in [6.07, 6.45) is 3.59. The summed E-state index contributed by atoms with van der Waals surface area (Å²) in [5.74, 6) is -0.763. The number of hydrogen-bond acceptors (Lipinski definition) is 3. The van der Waals surface area contributed by atoms with Gasteiger partial charge in [0.15, 0.2) is 0 Å². The van der Waals surface area contributed by atoms with Gasteiger partial charge in [0.05, 0.1) is 12.2 Å². The predicted molar refractivity (Wildman–Crippen MR) is 112 cm³/mol. The van der Waals surface area contributed by atoms with Crippen molar-refractivity contribution in [2.75, 3.05) is 32.8 Å². The second kappa shape index (κ2) is 9.45. The molecule has 2 aliphatic heterocycles. The molecule has 4 rings (SSSR count). The minimum Gasteiger partial charge on any atom is -0.493 e. The molecule has 0 N–H and O–H groups in total. The maximum absolute atomic E-state index is 13.9. The number of nitrogens with zero attached hydrogens (tertiary/aromatic N) is 2. The third-order valence-electron chi connectivity index (χ3n) is 6.04. The first-order chi connectivity index (χ1) is 15.0. The van der Waals surface area contributed by atoms with Gasteiger partial charge >= 0.3 is 0 Å². The summed E-state index contributed by atoms with van der Waals surface area (Å²) in [6, 6.07) is 10.2. The molecule has 2 aromatic rings. The van der Waals surface area contributed by atoms with E-state index in [0.717, 1.165) is 57.0 Å². The van der Waals surface area contributed by atoms with Crippen LogP contribution in [-0.4, -0.2) is 54.4 Å². The first-order valence-electron chi connectivity index (χ1n) is 10.8. The van der Waals surface area contributed by atoms with Crippen molar-refractivity contribution in [3.63, 3.8) is 0 Å². The number of carbonyl (C=O) groups excluding carboxylic acids is 2. The molecule has 164 valence electrons. The Kier molecular flexibility index (Phi) is 6.49. The standard InChI is InChI=1S/C24H26F2N2O3/c25-19-5-8-22(26)21(15-19)24(30)28-13-9-17(10-14-28)16-31-20-6-3-18(4-7-20)23(29)27-11-1-2-12-27/h3-8,15,17H,1-2,9-14,16H2. The molecule has 0 spiro atoms. The van der Waals surface area contributed by atoms with Crippen molar-refractivity contribution in [2.45, 2.75) is 25.7 Å². The average Bonchev–Trinajstić information content (AvgIpc) is 3.34. The Hall–Kier alpha value is -2.96. The van der Waals surface area contributed by atoms with Crippen LogP contribution in [0.5, 0.6) is 5.75 Å². The largest absolute Gasteiger partial charge is 0.493 e. The van der Waals surface area contributed by atoms with Crippen molar-refractivity contribution < 1.29 is 23.1 Å². The van der Waals surface area contributed by atoms with Crippen molar-refractivity contribution in [1.29, 1.82) is 0 Å². The van der Waals surface area contributed by atoms with E-state index < -0.39 is 17.5 Å². The Morgan fingerprint density at radius 1 is 0.871 bits per heavy atom. The van der Waals surface area contributed by atoms with Gasteiger partial charge in [0.2, 0.25) is 0 Å². The maximum atomic E-state index is 13.9. The molecule has 0 radical (unpaired) electrons. The van der Waals surface area contributed by atoms with E-state index in [1.54, 1.807) is 17.0 Å². The van der Waals surface area contributed by atoms with Gasteiger partial charge in [0, 0.05) is 31.7 Å². The third-order valence-corrected chi connectivity index (χ3v) is 6.04. The van der Waals surface area contributed by atoms with Crippen molar-refractivity contribution >= 4 is 11.8 Å². The molecule has 0 atom stereocenters. The van der Waals surface area contributed by atoms with E-state index in [1.165, 1.54) is 0 Å². The second-order valence-corrected chi connectivity index (χ2v) is 8.19. The van der Waals surface area contributed by atoms with Crippen molar-refractivity contribution in [3.05, 3.63) is 65.2 Å². The van der Waals surface area contributed by atoms with E-state index in [0.29, 0.717) is 31.0 Å². The zero-order valence-corrected chi connectivity index (χ0v) is 17.4. The monoisotopic (exact) mass is 428 g/mol. The fraction of sp³-hybridized carbons (Fsp3) is 0.417. The SMILES string of the molecule is O=C(c1ccc(OCC2CCN(C(=O)c3cc(F)ccc3F)CC2)cc1)N1CCCC1. The fourth-order valence-electron chi connectivity index (χ4n) is 4.15. The Balaban J connectivity index is 1.25. The molecule has 2 amide bonds. The highest BCUT2D eigenvalue weighted by molar-refractivity contribution is 5.95. The number of carbonyl (C=O) groups is 2. The first kappa shape index (κ1) is 21.3. The summed E-state index contributed by atoms with van der Waals surface area (Å²) in [7, 11) is 0. The zero-order chi connectivity index (χ0) is 21.8. The molecule has 0 bridgehead atoms. The molecule has 2 saturated heterocycles. The summed E-state index contributed by atoms with van der Waals surface area (Å²) in [5.41, 5.74) is 0.448. The van der Waals surface area contributed by atoms with Crippen LogP contribution in [0.3, 0.4) is 0 Å². The summed E-state index contributed by atoms with van der Waals surface area (Å²) >= 11 is 0. The lowest BCUT2D eigenvalue weighted by Crippen LogP contribution is -2.40. The van der Waals surface area contributed by atoms with Gasteiger partial charge in [-0.2, -0.15) is 0 Å².